The smallest absolute Gasteiger partial charge is 0.387 e. The lowest BCUT2D eigenvalue weighted by Crippen LogP contribution is -2.27. The number of alkyl halides is 2. The average molecular weight is 368 g/mol. The molecule has 1 aromatic heterocycles. The number of nitrogens with one attached hydrogen (secondary N) is 2. The highest BCUT2D eigenvalue weighted by molar-refractivity contribution is 7.08. The summed E-state index contributed by atoms with van der Waals surface area (Å²) >= 11 is 1.45. The van der Waals surface area contributed by atoms with E-state index in [1.165, 1.54) is 23.5 Å². The molecule has 0 spiro atoms. The van der Waals surface area contributed by atoms with Gasteiger partial charge < -0.3 is 15.4 Å². The Bertz CT molecular complexity index is 676. The molecule has 0 aliphatic heterocycles. The van der Waals surface area contributed by atoms with E-state index in [1.807, 2.05) is 5.38 Å². The molecule has 0 radical (unpaired) electrons. The van der Waals surface area contributed by atoms with Crippen molar-refractivity contribution in [3.05, 3.63) is 52.2 Å². The van der Waals surface area contributed by atoms with Gasteiger partial charge >= 0.3 is 6.61 Å². The molecule has 0 aliphatic rings. The van der Waals surface area contributed by atoms with E-state index in [1.54, 1.807) is 23.6 Å². The highest BCUT2D eigenvalue weighted by Gasteiger charge is 2.07. The number of halogens is 2. The Kier molecular flexibility index (Phi) is 7.34. The maximum Gasteiger partial charge on any atom is 0.387 e. The monoisotopic (exact) mass is 368 g/mol. The Morgan fingerprint density at radius 1 is 1.12 bits per heavy atom. The molecule has 2 amide bonds. The highest BCUT2D eigenvalue weighted by Crippen LogP contribution is 2.14. The Morgan fingerprint density at radius 3 is 2.52 bits per heavy atom. The van der Waals surface area contributed by atoms with Crippen molar-refractivity contribution in [1.82, 2.24) is 10.6 Å². The van der Waals surface area contributed by atoms with Gasteiger partial charge in [-0.05, 0) is 35.6 Å². The first-order valence-electron chi connectivity index (χ1n) is 7.65. The second-order valence-electron chi connectivity index (χ2n) is 5.17. The summed E-state index contributed by atoms with van der Waals surface area (Å²) < 4.78 is 28.3. The van der Waals surface area contributed by atoms with E-state index >= 15 is 0 Å². The SMILES string of the molecule is O=C(CCCNC(=O)c1ccsc1)NCc1ccc(OC(F)F)cc1. The Hall–Kier alpha value is -2.48. The highest BCUT2D eigenvalue weighted by atomic mass is 32.1. The molecule has 1 aromatic carbocycles. The van der Waals surface area contributed by atoms with Crippen molar-refractivity contribution in [3.8, 4) is 5.75 Å². The predicted molar refractivity (Wildman–Crippen MR) is 90.8 cm³/mol. The summed E-state index contributed by atoms with van der Waals surface area (Å²) in [6.07, 6.45) is 0.819. The van der Waals surface area contributed by atoms with E-state index in [9.17, 15) is 18.4 Å². The standard InChI is InChI=1S/C17H18F2N2O3S/c18-17(19)24-14-5-3-12(4-6-14)10-21-15(22)2-1-8-20-16(23)13-7-9-25-11-13/h3-7,9,11,17H,1-2,8,10H2,(H,20,23)(H,21,22). The summed E-state index contributed by atoms with van der Waals surface area (Å²) in [4.78, 5) is 23.4. The Morgan fingerprint density at radius 2 is 1.88 bits per heavy atom. The normalized spacial score (nSPS) is 10.5. The topological polar surface area (TPSA) is 67.4 Å². The minimum atomic E-state index is -2.86. The third-order valence-corrected chi connectivity index (χ3v) is 3.97. The fourth-order valence-electron chi connectivity index (χ4n) is 2.02. The molecule has 0 atom stereocenters. The van der Waals surface area contributed by atoms with Crippen LogP contribution < -0.4 is 15.4 Å². The third kappa shape index (κ3) is 6.88. The molecule has 2 aromatic rings. The van der Waals surface area contributed by atoms with Gasteiger partial charge in [-0.15, -0.1) is 0 Å². The first-order chi connectivity index (χ1) is 12.0. The van der Waals surface area contributed by atoms with Gasteiger partial charge in [-0.25, -0.2) is 0 Å². The first-order valence-corrected chi connectivity index (χ1v) is 8.59. The molecular weight excluding hydrogens is 350 g/mol. The van der Waals surface area contributed by atoms with Crippen LogP contribution in [0.15, 0.2) is 41.1 Å². The number of rotatable bonds is 9. The van der Waals surface area contributed by atoms with E-state index in [0.29, 0.717) is 25.1 Å². The quantitative estimate of drug-likeness (QED) is 0.668. The molecule has 8 heteroatoms. The number of carbonyl (C=O) groups is 2. The summed E-state index contributed by atoms with van der Waals surface area (Å²) in [5.74, 6) is -0.211. The van der Waals surface area contributed by atoms with Crippen LogP contribution in [-0.2, 0) is 11.3 Å². The molecule has 1 heterocycles. The number of hydrogen-bond donors (Lipinski definition) is 2. The van der Waals surface area contributed by atoms with Crippen molar-refractivity contribution in [1.29, 1.82) is 0 Å². The van der Waals surface area contributed by atoms with E-state index in [0.717, 1.165) is 5.56 Å². The maximum absolute atomic E-state index is 12.0. The van der Waals surface area contributed by atoms with Crippen LogP contribution in [0.2, 0.25) is 0 Å². The lowest BCUT2D eigenvalue weighted by Gasteiger charge is -2.08. The molecule has 134 valence electrons. The fraction of sp³-hybridized carbons (Fsp3) is 0.294. The van der Waals surface area contributed by atoms with E-state index in [4.69, 9.17) is 0 Å². The van der Waals surface area contributed by atoms with Gasteiger partial charge in [-0.3, -0.25) is 9.59 Å². The van der Waals surface area contributed by atoms with Crippen LogP contribution in [0.1, 0.15) is 28.8 Å². The van der Waals surface area contributed by atoms with Gasteiger partial charge in [0.25, 0.3) is 5.91 Å². The van der Waals surface area contributed by atoms with Crippen molar-refractivity contribution in [3.63, 3.8) is 0 Å². The van der Waals surface area contributed by atoms with Crippen LogP contribution in [0, 0.1) is 0 Å². The molecule has 5 nitrogen and oxygen atoms in total. The van der Waals surface area contributed by atoms with Crippen molar-refractivity contribution < 1.29 is 23.1 Å². The second kappa shape index (κ2) is 9.73. The summed E-state index contributed by atoms with van der Waals surface area (Å²) in [6.45, 7) is -2.14. The summed E-state index contributed by atoms with van der Waals surface area (Å²) in [7, 11) is 0. The number of hydrogen-bond acceptors (Lipinski definition) is 4. The zero-order chi connectivity index (χ0) is 18.1. The lowest BCUT2D eigenvalue weighted by molar-refractivity contribution is -0.121. The minimum Gasteiger partial charge on any atom is -0.435 e. The zero-order valence-corrected chi connectivity index (χ0v) is 14.2. The minimum absolute atomic E-state index is 0.0754. The van der Waals surface area contributed by atoms with Gasteiger partial charge in [0.2, 0.25) is 5.91 Å². The largest absolute Gasteiger partial charge is 0.435 e. The molecule has 2 rings (SSSR count). The third-order valence-electron chi connectivity index (χ3n) is 3.29. The van der Waals surface area contributed by atoms with Gasteiger partial charge in [0.1, 0.15) is 5.75 Å². The van der Waals surface area contributed by atoms with Gasteiger partial charge in [0.15, 0.2) is 0 Å². The van der Waals surface area contributed by atoms with Crippen LogP contribution in [-0.4, -0.2) is 25.0 Å². The molecule has 0 saturated carbocycles. The number of ether oxygens (including phenoxy) is 1. The predicted octanol–water partition coefficient (Wildman–Crippen LogP) is 3.18. The molecule has 0 fully saturated rings. The van der Waals surface area contributed by atoms with Crippen LogP contribution >= 0.6 is 11.3 Å². The van der Waals surface area contributed by atoms with Crippen LogP contribution in [0.3, 0.4) is 0 Å². The van der Waals surface area contributed by atoms with Gasteiger partial charge in [0, 0.05) is 30.5 Å². The molecule has 0 unspecified atom stereocenters. The molecule has 0 bridgehead atoms. The Balaban J connectivity index is 1.61. The molecule has 2 N–H and O–H groups in total. The molecule has 0 saturated heterocycles. The number of thiophene rings is 1. The van der Waals surface area contributed by atoms with Crippen LogP contribution in [0.4, 0.5) is 8.78 Å². The molecule has 25 heavy (non-hydrogen) atoms. The van der Waals surface area contributed by atoms with Crippen molar-refractivity contribution in [2.45, 2.75) is 26.0 Å². The van der Waals surface area contributed by atoms with Crippen molar-refractivity contribution >= 4 is 23.2 Å². The molecular formula is C17H18F2N2O3S. The van der Waals surface area contributed by atoms with Crippen molar-refractivity contribution in [2.75, 3.05) is 6.54 Å². The van der Waals surface area contributed by atoms with E-state index in [2.05, 4.69) is 15.4 Å². The van der Waals surface area contributed by atoms with E-state index < -0.39 is 6.61 Å². The first kappa shape index (κ1) is 18.9. The number of amides is 2. The second-order valence-corrected chi connectivity index (χ2v) is 5.95. The van der Waals surface area contributed by atoms with Crippen LogP contribution in [0.25, 0.3) is 0 Å². The maximum atomic E-state index is 12.0. The van der Waals surface area contributed by atoms with Gasteiger partial charge in [0.05, 0.1) is 0 Å². The number of carbonyl (C=O) groups excluding carboxylic acids is 2. The zero-order valence-electron chi connectivity index (χ0n) is 13.3. The lowest BCUT2D eigenvalue weighted by atomic mass is 10.2. The van der Waals surface area contributed by atoms with Gasteiger partial charge in [-0.1, -0.05) is 12.1 Å². The van der Waals surface area contributed by atoms with Crippen molar-refractivity contribution in [2.24, 2.45) is 0 Å². The Labute approximate surface area is 148 Å². The van der Waals surface area contributed by atoms with Crippen LogP contribution in [0.5, 0.6) is 5.75 Å². The number of benzene rings is 1. The van der Waals surface area contributed by atoms with Gasteiger partial charge in [-0.2, -0.15) is 20.1 Å². The van der Waals surface area contributed by atoms with E-state index in [-0.39, 0.29) is 24.0 Å². The summed E-state index contributed by atoms with van der Waals surface area (Å²) in [6, 6.07) is 7.81. The molecule has 0 aliphatic carbocycles. The summed E-state index contributed by atoms with van der Waals surface area (Å²) in [5, 5.41) is 9.08. The fourth-order valence-corrected chi connectivity index (χ4v) is 2.66. The summed E-state index contributed by atoms with van der Waals surface area (Å²) in [5.41, 5.74) is 1.40. The average Bonchev–Trinajstić information content (AvgIpc) is 3.12.